The van der Waals surface area contributed by atoms with Crippen molar-refractivity contribution in [3.63, 3.8) is 0 Å². The van der Waals surface area contributed by atoms with Gasteiger partial charge in [-0.15, -0.1) is 0 Å². The third-order valence-corrected chi connectivity index (χ3v) is 6.63. The maximum atomic E-state index is 13.1. The minimum Gasteiger partial charge on any atom is -0.358 e. The summed E-state index contributed by atoms with van der Waals surface area (Å²) in [6.07, 6.45) is -0.296. The number of carbonyl (C=O) groups is 1. The number of para-hydroxylation sites is 1. The fourth-order valence-electron chi connectivity index (χ4n) is 4.75. The van der Waals surface area contributed by atoms with E-state index in [2.05, 4.69) is 20.3 Å². The molecule has 2 N–H and O–H groups in total. The van der Waals surface area contributed by atoms with Crippen LogP contribution in [0.3, 0.4) is 0 Å². The monoisotopic (exact) mass is 470 g/mol. The molecule has 1 aliphatic rings. The van der Waals surface area contributed by atoms with E-state index >= 15 is 0 Å². The van der Waals surface area contributed by atoms with Crippen molar-refractivity contribution in [1.82, 2.24) is 24.7 Å². The van der Waals surface area contributed by atoms with E-state index in [1.807, 2.05) is 37.1 Å². The molecule has 10 heteroatoms. The highest BCUT2D eigenvalue weighted by molar-refractivity contribution is 5.94. The van der Waals surface area contributed by atoms with Gasteiger partial charge in [-0.05, 0) is 56.4 Å². The zero-order chi connectivity index (χ0) is 24.0. The molecule has 5 rings (SSSR count). The van der Waals surface area contributed by atoms with Gasteiger partial charge in [-0.1, -0.05) is 18.2 Å². The maximum Gasteiger partial charge on any atom is 0.434 e. The smallest absolute Gasteiger partial charge is 0.358 e. The van der Waals surface area contributed by atoms with Gasteiger partial charge in [0, 0.05) is 25.3 Å². The molecule has 7 nitrogen and oxygen atoms in total. The van der Waals surface area contributed by atoms with Crippen LogP contribution in [0.25, 0.3) is 16.7 Å². The Morgan fingerprint density at radius 1 is 1.12 bits per heavy atom. The molecular formula is C24H25F3N6O. The highest BCUT2D eigenvalue weighted by Crippen LogP contribution is 2.32. The number of alkyl halides is 3. The Morgan fingerprint density at radius 3 is 2.56 bits per heavy atom. The van der Waals surface area contributed by atoms with E-state index in [-0.39, 0.29) is 23.6 Å². The lowest BCUT2D eigenvalue weighted by molar-refractivity contribution is -0.140. The van der Waals surface area contributed by atoms with Crippen molar-refractivity contribution in [2.75, 3.05) is 11.9 Å². The zero-order valence-electron chi connectivity index (χ0n) is 18.9. The number of imidazole rings is 2. The zero-order valence-corrected chi connectivity index (χ0v) is 18.9. The molecule has 1 aromatic carbocycles. The summed E-state index contributed by atoms with van der Waals surface area (Å²) in [4.78, 5) is 26.0. The first kappa shape index (κ1) is 22.2. The predicted molar refractivity (Wildman–Crippen MR) is 123 cm³/mol. The number of fused-ring (bicyclic) bond motifs is 2. The summed E-state index contributed by atoms with van der Waals surface area (Å²) < 4.78 is 40.9. The van der Waals surface area contributed by atoms with Crippen molar-refractivity contribution in [3.05, 3.63) is 59.7 Å². The first-order valence-electron chi connectivity index (χ1n) is 11.2. The molecule has 0 aliphatic heterocycles. The third kappa shape index (κ3) is 4.08. The van der Waals surface area contributed by atoms with Crippen molar-refractivity contribution in [2.45, 2.75) is 50.9 Å². The summed E-state index contributed by atoms with van der Waals surface area (Å²) >= 11 is 0. The molecule has 0 spiro atoms. The second-order valence-corrected chi connectivity index (χ2v) is 8.88. The summed E-state index contributed by atoms with van der Waals surface area (Å²) in [6.45, 7) is 1.96. The SMILES string of the molecule is Cc1cccc2[nH]c(C(=O)NC3CCC(N(C)c4cccc5nc(C(F)(F)F)cn45)CC3)nc12. The number of aromatic amines is 1. The molecule has 1 aliphatic carbocycles. The molecule has 178 valence electrons. The fourth-order valence-corrected chi connectivity index (χ4v) is 4.75. The number of H-pyrrole nitrogens is 1. The van der Waals surface area contributed by atoms with Crippen molar-refractivity contribution < 1.29 is 18.0 Å². The van der Waals surface area contributed by atoms with Gasteiger partial charge in [-0.25, -0.2) is 9.97 Å². The summed E-state index contributed by atoms with van der Waals surface area (Å²) in [5.74, 6) is 0.733. The molecular weight excluding hydrogens is 445 g/mol. The van der Waals surface area contributed by atoms with Crippen LogP contribution in [0.4, 0.5) is 19.0 Å². The van der Waals surface area contributed by atoms with E-state index in [1.54, 1.807) is 18.2 Å². The molecule has 4 aromatic rings. The lowest BCUT2D eigenvalue weighted by atomic mass is 9.90. The molecule has 0 radical (unpaired) electrons. The number of aryl methyl sites for hydroxylation is 1. The number of nitrogens with zero attached hydrogens (tertiary/aromatic N) is 4. The topological polar surface area (TPSA) is 78.3 Å². The number of anilines is 1. The van der Waals surface area contributed by atoms with Crippen molar-refractivity contribution in [2.24, 2.45) is 0 Å². The number of hydrogen-bond acceptors (Lipinski definition) is 4. The lowest BCUT2D eigenvalue weighted by Crippen LogP contribution is -2.43. The van der Waals surface area contributed by atoms with Crippen LogP contribution in [0, 0.1) is 6.92 Å². The summed E-state index contributed by atoms with van der Waals surface area (Å²) in [6, 6.07) is 11.0. The van der Waals surface area contributed by atoms with Gasteiger partial charge in [0.2, 0.25) is 0 Å². The van der Waals surface area contributed by atoms with Gasteiger partial charge in [0.05, 0.1) is 11.0 Å². The average molecular weight is 470 g/mol. The van der Waals surface area contributed by atoms with Crippen molar-refractivity contribution >= 4 is 28.4 Å². The van der Waals surface area contributed by atoms with Crippen LogP contribution in [0.15, 0.2) is 42.6 Å². The molecule has 1 fully saturated rings. The first-order chi connectivity index (χ1) is 16.2. The van der Waals surface area contributed by atoms with Gasteiger partial charge in [0.25, 0.3) is 5.91 Å². The number of amides is 1. The molecule has 34 heavy (non-hydrogen) atoms. The Morgan fingerprint density at radius 2 is 1.85 bits per heavy atom. The molecule has 0 saturated heterocycles. The molecule has 3 heterocycles. The first-order valence-corrected chi connectivity index (χ1v) is 11.2. The van der Waals surface area contributed by atoms with E-state index in [9.17, 15) is 18.0 Å². The number of benzene rings is 1. The Labute approximate surface area is 194 Å². The van der Waals surface area contributed by atoms with Crippen LogP contribution < -0.4 is 10.2 Å². The number of hydrogen-bond donors (Lipinski definition) is 2. The van der Waals surface area contributed by atoms with Crippen LogP contribution in [-0.4, -0.2) is 44.4 Å². The van der Waals surface area contributed by atoms with Crippen LogP contribution in [0.2, 0.25) is 0 Å². The standard InChI is InChI=1S/C24H25F3N6O/c1-14-5-3-6-17-21(14)31-22(29-17)23(34)28-15-9-11-16(12-10-15)32(2)20-8-4-7-19-30-18(13-33(19)20)24(25,26)27/h3-8,13,15-16H,9-12H2,1-2H3,(H,28,34)(H,29,31). The Hall–Kier alpha value is -3.56. The van der Waals surface area contributed by atoms with Gasteiger partial charge in [-0.3, -0.25) is 9.20 Å². The van der Waals surface area contributed by atoms with E-state index in [1.165, 1.54) is 4.40 Å². The average Bonchev–Trinajstić information content (AvgIpc) is 3.44. The lowest BCUT2D eigenvalue weighted by Gasteiger charge is -2.36. The summed E-state index contributed by atoms with van der Waals surface area (Å²) in [5, 5.41) is 3.07. The molecule has 1 amide bonds. The van der Waals surface area contributed by atoms with Gasteiger partial charge < -0.3 is 15.2 Å². The van der Waals surface area contributed by atoms with Crippen LogP contribution in [-0.2, 0) is 6.18 Å². The van der Waals surface area contributed by atoms with Gasteiger partial charge in [0.1, 0.15) is 11.5 Å². The number of halogens is 3. The van der Waals surface area contributed by atoms with Crippen molar-refractivity contribution in [1.29, 1.82) is 0 Å². The summed E-state index contributed by atoms with van der Waals surface area (Å²) in [7, 11) is 1.89. The third-order valence-electron chi connectivity index (χ3n) is 6.63. The fraction of sp³-hybridized carbons (Fsp3) is 0.375. The Kier molecular flexibility index (Phi) is 5.45. The van der Waals surface area contributed by atoms with Crippen LogP contribution >= 0.6 is 0 Å². The van der Waals surface area contributed by atoms with E-state index < -0.39 is 11.9 Å². The van der Waals surface area contributed by atoms with Gasteiger partial charge in [0.15, 0.2) is 11.5 Å². The van der Waals surface area contributed by atoms with E-state index in [0.29, 0.717) is 11.6 Å². The van der Waals surface area contributed by atoms with Gasteiger partial charge >= 0.3 is 6.18 Å². The van der Waals surface area contributed by atoms with E-state index in [0.717, 1.165) is 48.5 Å². The number of nitrogens with one attached hydrogen (secondary N) is 2. The van der Waals surface area contributed by atoms with Crippen molar-refractivity contribution in [3.8, 4) is 0 Å². The largest absolute Gasteiger partial charge is 0.434 e. The minimum atomic E-state index is -4.49. The maximum absolute atomic E-state index is 13.1. The van der Waals surface area contributed by atoms with Crippen LogP contribution in [0.1, 0.15) is 47.6 Å². The highest BCUT2D eigenvalue weighted by atomic mass is 19.4. The quantitative estimate of drug-likeness (QED) is 0.453. The Bertz CT molecular complexity index is 1350. The molecule has 3 aromatic heterocycles. The highest BCUT2D eigenvalue weighted by Gasteiger charge is 2.34. The number of carbonyl (C=O) groups excluding carboxylic acids is 1. The minimum absolute atomic E-state index is 0.0207. The predicted octanol–water partition coefficient (Wildman–Crippen LogP) is 4.72. The van der Waals surface area contributed by atoms with Crippen LogP contribution in [0.5, 0.6) is 0 Å². The number of aromatic nitrogens is 4. The normalized spacial score (nSPS) is 19.0. The molecule has 0 atom stereocenters. The molecule has 1 saturated carbocycles. The second kappa shape index (κ2) is 8.34. The number of pyridine rings is 1. The second-order valence-electron chi connectivity index (χ2n) is 8.88. The summed E-state index contributed by atoms with van der Waals surface area (Å²) in [5.41, 5.74) is 1.99. The van der Waals surface area contributed by atoms with E-state index in [4.69, 9.17) is 0 Å². The number of rotatable bonds is 4. The molecule has 0 unspecified atom stereocenters. The van der Waals surface area contributed by atoms with Gasteiger partial charge in [-0.2, -0.15) is 13.2 Å². The molecule has 0 bridgehead atoms. The Balaban J connectivity index is 1.25.